The second-order valence-electron chi connectivity index (χ2n) is 5.90. The molecule has 1 heterocycles. The lowest BCUT2D eigenvalue weighted by Gasteiger charge is -2.05. The zero-order chi connectivity index (χ0) is 19.5. The van der Waals surface area contributed by atoms with E-state index >= 15 is 0 Å². The number of azo groups is 1. The lowest BCUT2D eigenvalue weighted by Crippen LogP contribution is -1.81. The predicted octanol–water partition coefficient (Wildman–Crippen LogP) is 6.45. The first-order chi connectivity index (χ1) is 13.7. The molecule has 0 fully saturated rings. The van der Waals surface area contributed by atoms with Gasteiger partial charge in [0.15, 0.2) is 5.69 Å². The first-order valence-electron chi connectivity index (χ1n) is 8.33. The highest BCUT2D eigenvalue weighted by atomic mass is 32.2. The molecule has 0 unspecified atom stereocenters. The molecule has 3 aromatic carbocycles. The van der Waals surface area contributed by atoms with Gasteiger partial charge in [-0.05, 0) is 42.5 Å². The van der Waals surface area contributed by atoms with Gasteiger partial charge < -0.3 is 10.1 Å². The van der Waals surface area contributed by atoms with E-state index in [9.17, 15) is 9.50 Å². The minimum absolute atomic E-state index is 0.128. The average molecular weight is 388 g/mol. The monoisotopic (exact) mass is 388 g/mol. The Kier molecular flexibility index (Phi) is 4.79. The Hall–Kier alpha value is -3.63. The molecule has 28 heavy (non-hydrogen) atoms. The van der Waals surface area contributed by atoms with Crippen molar-refractivity contribution >= 4 is 34.0 Å². The van der Waals surface area contributed by atoms with Crippen LogP contribution < -0.4 is 0 Å². The molecule has 0 aliphatic carbocycles. The maximum absolute atomic E-state index is 14.1. The second-order valence-corrected chi connectivity index (χ2v) is 6.98. The van der Waals surface area contributed by atoms with E-state index in [1.54, 1.807) is 48.5 Å². The van der Waals surface area contributed by atoms with E-state index in [1.807, 2.05) is 18.2 Å². The van der Waals surface area contributed by atoms with Gasteiger partial charge in [0, 0.05) is 15.2 Å². The van der Waals surface area contributed by atoms with Crippen LogP contribution in [0.4, 0.5) is 15.8 Å². The van der Waals surface area contributed by atoms with E-state index in [-0.39, 0.29) is 17.4 Å². The number of hydrogen-bond acceptors (Lipinski definition) is 5. The molecule has 1 aromatic heterocycles. The first kappa shape index (κ1) is 17.8. The van der Waals surface area contributed by atoms with Gasteiger partial charge in [0.1, 0.15) is 5.82 Å². The van der Waals surface area contributed by atoms with Crippen LogP contribution in [0.2, 0.25) is 0 Å². The molecule has 0 atom stereocenters. The summed E-state index contributed by atoms with van der Waals surface area (Å²) in [5.74, 6) is -0.447. The van der Waals surface area contributed by atoms with Crippen LogP contribution in [-0.2, 0) is 0 Å². The van der Waals surface area contributed by atoms with Crippen molar-refractivity contribution in [2.24, 2.45) is 10.2 Å². The van der Waals surface area contributed by atoms with Gasteiger partial charge in [0.05, 0.1) is 22.8 Å². The Morgan fingerprint density at radius 2 is 1.75 bits per heavy atom. The number of fused-ring (bicyclic) bond motifs is 1. The van der Waals surface area contributed by atoms with Gasteiger partial charge in [-0.2, -0.15) is 10.4 Å². The Morgan fingerprint density at radius 1 is 0.964 bits per heavy atom. The molecule has 5 nitrogen and oxygen atoms in total. The van der Waals surface area contributed by atoms with E-state index in [1.165, 1.54) is 17.8 Å². The maximum Gasteiger partial charge on any atom is 0.218 e. The lowest BCUT2D eigenvalue weighted by molar-refractivity contribution is 0.459. The highest BCUT2D eigenvalue weighted by Gasteiger charge is 2.16. The van der Waals surface area contributed by atoms with Gasteiger partial charge >= 0.3 is 0 Å². The number of aromatic hydroxyl groups is 1. The third kappa shape index (κ3) is 3.46. The number of nitriles is 1. The Balaban J connectivity index is 1.78. The van der Waals surface area contributed by atoms with E-state index < -0.39 is 0 Å². The maximum atomic E-state index is 14.1. The fourth-order valence-corrected chi connectivity index (χ4v) is 3.76. The zero-order valence-electron chi connectivity index (χ0n) is 14.4. The highest BCUT2D eigenvalue weighted by molar-refractivity contribution is 7.99. The molecule has 0 aliphatic heterocycles. The number of H-pyrrole nitrogens is 1. The number of halogens is 1. The summed E-state index contributed by atoms with van der Waals surface area (Å²) in [5, 5.41) is 28.3. The van der Waals surface area contributed by atoms with Gasteiger partial charge in [0.2, 0.25) is 5.88 Å². The van der Waals surface area contributed by atoms with Crippen molar-refractivity contribution in [3.8, 4) is 11.9 Å². The Bertz CT molecular complexity index is 1240. The minimum Gasteiger partial charge on any atom is -0.493 e. The van der Waals surface area contributed by atoms with Crippen LogP contribution >= 0.6 is 11.8 Å². The molecule has 2 N–H and O–H groups in total. The molecule has 4 rings (SSSR count). The molecule has 0 radical (unpaired) electrons. The number of aromatic amines is 1. The zero-order valence-corrected chi connectivity index (χ0v) is 15.2. The average Bonchev–Trinajstić information content (AvgIpc) is 3.04. The second kappa shape index (κ2) is 7.55. The number of hydrogen-bond donors (Lipinski definition) is 2. The molecule has 7 heteroatoms. The quantitative estimate of drug-likeness (QED) is 0.394. The smallest absolute Gasteiger partial charge is 0.218 e. The van der Waals surface area contributed by atoms with Gasteiger partial charge in [-0.15, -0.1) is 5.11 Å². The van der Waals surface area contributed by atoms with E-state index in [4.69, 9.17) is 5.26 Å². The van der Waals surface area contributed by atoms with Gasteiger partial charge in [-0.1, -0.05) is 36.0 Å². The molecule has 0 saturated carbocycles. The topological polar surface area (TPSA) is 84.5 Å². The number of benzene rings is 3. The van der Waals surface area contributed by atoms with Gasteiger partial charge in [-0.3, -0.25) is 0 Å². The summed E-state index contributed by atoms with van der Waals surface area (Å²) in [4.78, 5) is 4.08. The van der Waals surface area contributed by atoms with Gasteiger partial charge in [0.25, 0.3) is 0 Å². The Morgan fingerprint density at radius 3 is 2.57 bits per heavy atom. The van der Waals surface area contributed by atoms with Crippen LogP contribution in [0.1, 0.15) is 5.56 Å². The molecule has 0 saturated heterocycles. The van der Waals surface area contributed by atoms with Crippen LogP contribution in [0.5, 0.6) is 5.88 Å². The van der Waals surface area contributed by atoms with Crippen molar-refractivity contribution < 1.29 is 9.50 Å². The van der Waals surface area contributed by atoms with E-state index in [0.29, 0.717) is 27.0 Å². The van der Waals surface area contributed by atoms with E-state index in [0.717, 1.165) is 4.90 Å². The number of nitrogens with zero attached hydrogens (tertiary/aromatic N) is 3. The van der Waals surface area contributed by atoms with Crippen LogP contribution in [0.3, 0.4) is 0 Å². The van der Waals surface area contributed by atoms with Crippen LogP contribution in [0.25, 0.3) is 10.9 Å². The number of rotatable bonds is 4. The number of nitrogens with one attached hydrogen (secondary N) is 1. The van der Waals surface area contributed by atoms with Crippen molar-refractivity contribution in [2.45, 2.75) is 9.79 Å². The normalized spacial score (nSPS) is 11.1. The molecule has 0 aliphatic rings. The summed E-state index contributed by atoms with van der Waals surface area (Å²) >= 11 is 1.25. The fourth-order valence-electron chi connectivity index (χ4n) is 2.76. The molecular formula is C21H13FN4OS. The van der Waals surface area contributed by atoms with Crippen LogP contribution in [-0.4, -0.2) is 10.1 Å². The summed E-state index contributed by atoms with van der Waals surface area (Å²) in [5.41, 5.74) is 1.89. The summed E-state index contributed by atoms with van der Waals surface area (Å²) in [7, 11) is 0. The standard InChI is InChI=1S/C21H13FN4OS/c22-15-7-1-2-9-17(15)28-18-10-4-8-16-19(18)20(21(27)24-16)26-25-14-6-3-5-13(11-14)12-23/h1-11,24,27H. The lowest BCUT2D eigenvalue weighted by atomic mass is 10.2. The SMILES string of the molecule is N#Cc1cccc(N=Nc2c(O)[nH]c3cccc(Sc4ccccc4F)c23)c1. The molecule has 0 amide bonds. The fraction of sp³-hybridized carbons (Fsp3) is 0. The largest absolute Gasteiger partial charge is 0.493 e. The third-order valence-corrected chi connectivity index (χ3v) is 5.15. The minimum atomic E-state index is -0.319. The van der Waals surface area contributed by atoms with E-state index in [2.05, 4.69) is 15.2 Å². The van der Waals surface area contributed by atoms with Crippen LogP contribution in [0, 0.1) is 17.1 Å². The van der Waals surface area contributed by atoms with Gasteiger partial charge in [-0.25, -0.2) is 4.39 Å². The van der Waals surface area contributed by atoms with Crippen LogP contribution in [0.15, 0.2) is 86.7 Å². The van der Waals surface area contributed by atoms with Crippen molar-refractivity contribution in [1.29, 1.82) is 5.26 Å². The molecule has 4 aromatic rings. The molecule has 0 bridgehead atoms. The highest BCUT2D eigenvalue weighted by Crippen LogP contribution is 2.43. The van der Waals surface area contributed by atoms with Crippen molar-refractivity contribution in [3.05, 3.63) is 78.1 Å². The van der Waals surface area contributed by atoms with Crippen molar-refractivity contribution in [2.75, 3.05) is 0 Å². The first-order valence-corrected chi connectivity index (χ1v) is 9.15. The van der Waals surface area contributed by atoms with Crippen molar-refractivity contribution in [1.82, 2.24) is 4.98 Å². The molecular weight excluding hydrogens is 375 g/mol. The third-order valence-electron chi connectivity index (χ3n) is 4.04. The summed E-state index contributed by atoms with van der Waals surface area (Å²) in [6.45, 7) is 0. The molecule has 0 spiro atoms. The Labute approximate surface area is 164 Å². The summed E-state index contributed by atoms with van der Waals surface area (Å²) < 4.78 is 14.1. The number of aromatic nitrogens is 1. The predicted molar refractivity (Wildman–Crippen MR) is 106 cm³/mol. The molecule has 136 valence electrons. The summed E-state index contributed by atoms with van der Waals surface area (Å²) in [6.07, 6.45) is 0. The van der Waals surface area contributed by atoms with Crippen molar-refractivity contribution in [3.63, 3.8) is 0 Å². The summed E-state index contributed by atoms with van der Waals surface area (Å²) in [6, 6.07) is 20.7.